The van der Waals surface area contributed by atoms with E-state index in [9.17, 15) is 4.79 Å². The molecule has 0 unspecified atom stereocenters. The van der Waals surface area contributed by atoms with Gasteiger partial charge in [0, 0.05) is 17.8 Å². The second-order valence-electron chi connectivity index (χ2n) is 3.14. The van der Waals surface area contributed by atoms with E-state index in [0.29, 0.717) is 5.75 Å². The van der Waals surface area contributed by atoms with E-state index in [0.717, 1.165) is 16.5 Å². The summed E-state index contributed by atoms with van der Waals surface area (Å²) < 4.78 is 5.17. The molecular weight excluding hydrogens is 256 g/mol. The van der Waals surface area contributed by atoms with Crippen molar-refractivity contribution in [2.45, 2.75) is 13.8 Å². The zero-order valence-corrected chi connectivity index (χ0v) is 10.4. The fourth-order valence-corrected chi connectivity index (χ4v) is 1.45. The summed E-state index contributed by atoms with van der Waals surface area (Å²) in [6, 6.07) is 5.78. The smallest absolute Gasteiger partial charge is 0.308 e. The Bertz CT molecular complexity index is 383. The van der Waals surface area contributed by atoms with E-state index in [1.165, 1.54) is 6.92 Å². The van der Waals surface area contributed by atoms with Crippen LogP contribution in [-0.4, -0.2) is 11.3 Å². The van der Waals surface area contributed by atoms with Gasteiger partial charge >= 0.3 is 5.97 Å². The second-order valence-corrected chi connectivity index (χ2v) is 3.79. The maximum Gasteiger partial charge on any atom is 0.308 e. The average Bonchev–Trinajstić information content (AvgIpc) is 2.18. The molecule has 0 aliphatic rings. The van der Waals surface area contributed by atoms with E-state index in [1.54, 1.807) is 0 Å². The molecule has 0 fully saturated rings. The van der Waals surface area contributed by atoms with Gasteiger partial charge in [0.05, 0.1) is 0 Å². The summed E-state index contributed by atoms with van der Waals surface area (Å²) >= 11 is 3.31. The molecule has 2 nitrogen and oxygen atoms in total. The number of esters is 1. The van der Waals surface area contributed by atoms with Gasteiger partial charge < -0.3 is 4.74 Å². The van der Waals surface area contributed by atoms with Crippen LogP contribution in [0.1, 0.15) is 18.1 Å². The number of carbonyl (C=O) groups excluding carboxylic acids is 1. The summed E-state index contributed by atoms with van der Waals surface area (Å²) in [5.74, 6) is 0.347. The Morgan fingerprint density at radius 1 is 1.53 bits per heavy atom. The molecule has 0 saturated heterocycles. The molecule has 0 radical (unpaired) electrons. The fourth-order valence-electron chi connectivity index (χ4n) is 1.26. The molecule has 0 amide bonds. The summed E-state index contributed by atoms with van der Waals surface area (Å²) in [4.78, 5) is 10.9. The van der Waals surface area contributed by atoms with Gasteiger partial charge in [-0.05, 0) is 12.5 Å². The van der Waals surface area contributed by atoms with Crippen molar-refractivity contribution in [3.63, 3.8) is 0 Å². The van der Waals surface area contributed by atoms with E-state index < -0.39 is 0 Å². The number of hydrogen-bond donors (Lipinski definition) is 0. The molecule has 3 heteroatoms. The molecule has 15 heavy (non-hydrogen) atoms. The maximum absolute atomic E-state index is 10.9. The number of carbonyl (C=O) groups is 1. The summed E-state index contributed by atoms with van der Waals surface area (Å²) in [6.07, 6.45) is 3.89. The highest BCUT2D eigenvalue weighted by molar-refractivity contribution is 9.09. The molecule has 0 bridgehead atoms. The first-order chi connectivity index (χ1) is 7.15. The molecule has 0 heterocycles. The number of allylic oxidation sites excluding steroid dienone is 1. The standard InChI is InChI=1S/C12H13BrO2/c1-9-5-3-6-11(7-4-8-13)12(9)15-10(2)14/h3-7H,8H2,1-2H3. The molecule has 0 spiro atoms. The van der Waals surface area contributed by atoms with Gasteiger partial charge in [0.15, 0.2) is 0 Å². The number of para-hydroxylation sites is 1. The predicted octanol–water partition coefficient (Wildman–Crippen LogP) is 3.33. The number of alkyl halides is 1. The number of ether oxygens (including phenoxy) is 1. The Morgan fingerprint density at radius 3 is 2.87 bits per heavy atom. The van der Waals surface area contributed by atoms with Crippen LogP contribution in [0.5, 0.6) is 5.75 Å². The van der Waals surface area contributed by atoms with E-state index in [2.05, 4.69) is 15.9 Å². The van der Waals surface area contributed by atoms with Crippen molar-refractivity contribution >= 4 is 28.0 Å². The quantitative estimate of drug-likeness (QED) is 0.478. The van der Waals surface area contributed by atoms with Gasteiger partial charge in [0.1, 0.15) is 5.75 Å². The van der Waals surface area contributed by atoms with Crippen molar-refractivity contribution < 1.29 is 9.53 Å². The molecule has 0 aliphatic carbocycles. The third kappa shape index (κ3) is 3.51. The van der Waals surface area contributed by atoms with Crippen LogP contribution in [0.4, 0.5) is 0 Å². The number of halogens is 1. The Morgan fingerprint density at radius 2 is 2.27 bits per heavy atom. The lowest BCUT2D eigenvalue weighted by Crippen LogP contribution is -2.04. The van der Waals surface area contributed by atoms with Gasteiger partial charge in [-0.15, -0.1) is 0 Å². The van der Waals surface area contributed by atoms with Gasteiger partial charge in [-0.25, -0.2) is 0 Å². The van der Waals surface area contributed by atoms with E-state index in [4.69, 9.17) is 4.74 Å². The SMILES string of the molecule is CC(=O)Oc1c(C)cccc1C=CCBr. The van der Waals surface area contributed by atoms with Gasteiger partial charge in [0.2, 0.25) is 0 Å². The molecule has 1 aromatic rings. The van der Waals surface area contributed by atoms with Crippen LogP contribution in [0.2, 0.25) is 0 Å². The number of benzene rings is 1. The second kappa shape index (κ2) is 5.71. The van der Waals surface area contributed by atoms with Crippen LogP contribution < -0.4 is 4.74 Å². The summed E-state index contributed by atoms with van der Waals surface area (Å²) in [5.41, 5.74) is 1.88. The zero-order valence-electron chi connectivity index (χ0n) is 8.79. The Kier molecular flexibility index (Phi) is 4.56. The number of rotatable bonds is 3. The third-order valence-corrected chi connectivity index (χ3v) is 2.25. The van der Waals surface area contributed by atoms with E-state index in [-0.39, 0.29) is 5.97 Å². The highest BCUT2D eigenvalue weighted by Gasteiger charge is 2.06. The number of aryl methyl sites for hydroxylation is 1. The Balaban J connectivity index is 3.08. The van der Waals surface area contributed by atoms with Crippen LogP contribution in [0.25, 0.3) is 6.08 Å². The van der Waals surface area contributed by atoms with Crippen molar-refractivity contribution in [1.82, 2.24) is 0 Å². The summed E-state index contributed by atoms with van der Waals surface area (Å²) in [5, 5.41) is 0.778. The third-order valence-electron chi connectivity index (χ3n) is 1.87. The highest BCUT2D eigenvalue weighted by Crippen LogP contribution is 2.24. The minimum absolute atomic E-state index is 0.294. The van der Waals surface area contributed by atoms with Crippen LogP contribution in [0.3, 0.4) is 0 Å². The normalized spacial score (nSPS) is 10.6. The molecule has 0 aromatic heterocycles. The molecule has 80 valence electrons. The van der Waals surface area contributed by atoms with Crippen LogP contribution in [0.15, 0.2) is 24.3 Å². The van der Waals surface area contributed by atoms with Crippen molar-refractivity contribution in [2.24, 2.45) is 0 Å². The monoisotopic (exact) mass is 268 g/mol. The first-order valence-corrected chi connectivity index (χ1v) is 5.78. The van der Waals surface area contributed by atoms with E-state index >= 15 is 0 Å². The van der Waals surface area contributed by atoms with Crippen molar-refractivity contribution in [3.8, 4) is 5.75 Å². The van der Waals surface area contributed by atoms with Crippen molar-refractivity contribution in [1.29, 1.82) is 0 Å². The van der Waals surface area contributed by atoms with Crippen LogP contribution in [-0.2, 0) is 4.79 Å². The summed E-state index contributed by atoms with van der Waals surface area (Å²) in [7, 11) is 0. The van der Waals surface area contributed by atoms with Gasteiger partial charge in [-0.2, -0.15) is 0 Å². The number of hydrogen-bond acceptors (Lipinski definition) is 2. The zero-order chi connectivity index (χ0) is 11.3. The van der Waals surface area contributed by atoms with Crippen molar-refractivity contribution in [3.05, 3.63) is 35.4 Å². The molecule has 1 aromatic carbocycles. The highest BCUT2D eigenvalue weighted by atomic mass is 79.9. The van der Waals surface area contributed by atoms with Gasteiger partial charge in [-0.1, -0.05) is 46.3 Å². The van der Waals surface area contributed by atoms with Crippen molar-refractivity contribution in [2.75, 3.05) is 5.33 Å². The average molecular weight is 269 g/mol. The molecule has 0 atom stereocenters. The van der Waals surface area contributed by atoms with Crippen LogP contribution >= 0.6 is 15.9 Å². The first kappa shape index (κ1) is 12.0. The lowest BCUT2D eigenvalue weighted by molar-refractivity contribution is -0.131. The summed E-state index contributed by atoms with van der Waals surface area (Å²) in [6.45, 7) is 3.33. The van der Waals surface area contributed by atoms with Crippen LogP contribution in [0, 0.1) is 6.92 Å². The molecule has 1 rings (SSSR count). The minimum atomic E-state index is -0.294. The Hall–Kier alpha value is -1.09. The first-order valence-electron chi connectivity index (χ1n) is 4.65. The molecular formula is C12H13BrO2. The van der Waals surface area contributed by atoms with Gasteiger partial charge in [0.25, 0.3) is 0 Å². The molecule has 0 aliphatic heterocycles. The Labute approximate surface area is 98.1 Å². The molecule has 0 N–H and O–H groups in total. The largest absolute Gasteiger partial charge is 0.426 e. The lowest BCUT2D eigenvalue weighted by atomic mass is 10.1. The fraction of sp³-hybridized carbons (Fsp3) is 0.250. The molecule has 0 saturated carbocycles. The van der Waals surface area contributed by atoms with Gasteiger partial charge in [-0.3, -0.25) is 4.79 Å². The van der Waals surface area contributed by atoms with E-state index in [1.807, 2.05) is 37.3 Å². The topological polar surface area (TPSA) is 26.3 Å². The lowest BCUT2D eigenvalue weighted by Gasteiger charge is -2.08. The minimum Gasteiger partial charge on any atom is -0.426 e. The predicted molar refractivity (Wildman–Crippen MR) is 65.3 cm³/mol. The maximum atomic E-state index is 10.9.